The second kappa shape index (κ2) is 4.86. The summed E-state index contributed by atoms with van der Waals surface area (Å²) in [7, 11) is 0. The minimum atomic E-state index is -0.175. The molecule has 0 bridgehead atoms. The molecule has 0 radical (unpaired) electrons. The smallest absolute Gasteiger partial charge is 0.256 e. The summed E-state index contributed by atoms with van der Waals surface area (Å²) in [5.74, 6) is 0.0634. The first-order chi connectivity index (χ1) is 11.3. The molecule has 23 heavy (non-hydrogen) atoms. The first-order valence-corrected chi connectivity index (χ1v) is 8.91. The van der Waals surface area contributed by atoms with E-state index in [4.69, 9.17) is 0 Å². The van der Waals surface area contributed by atoms with Crippen LogP contribution in [0, 0.1) is 0 Å². The number of hydrogen-bond acceptors (Lipinski definition) is 3. The van der Waals surface area contributed by atoms with E-state index in [2.05, 4.69) is 27.8 Å². The summed E-state index contributed by atoms with van der Waals surface area (Å²) >= 11 is 1.77. The third-order valence-corrected chi connectivity index (χ3v) is 6.10. The molecule has 4 nitrogen and oxygen atoms in total. The number of nitrogens with one attached hydrogen (secondary N) is 3. The van der Waals surface area contributed by atoms with Crippen LogP contribution in [-0.4, -0.2) is 10.9 Å². The Labute approximate surface area is 137 Å². The van der Waals surface area contributed by atoms with Gasteiger partial charge in [-0.25, -0.2) is 0 Å². The molecule has 0 spiro atoms. The van der Waals surface area contributed by atoms with Gasteiger partial charge in [-0.1, -0.05) is 18.2 Å². The summed E-state index contributed by atoms with van der Waals surface area (Å²) in [6, 6.07) is 8.18. The molecule has 1 aliphatic carbocycles. The van der Waals surface area contributed by atoms with Crippen molar-refractivity contribution in [2.24, 2.45) is 0 Å². The minimum Gasteiger partial charge on any atom is -0.361 e. The largest absolute Gasteiger partial charge is 0.361 e. The van der Waals surface area contributed by atoms with Crippen LogP contribution in [0.5, 0.6) is 0 Å². The van der Waals surface area contributed by atoms with Crippen molar-refractivity contribution < 1.29 is 4.79 Å². The number of para-hydroxylation sites is 1. The average Bonchev–Trinajstić information content (AvgIpc) is 3.16. The maximum atomic E-state index is 12.7. The molecule has 116 valence electrons. The SMILES string of the molecule is O=C1N[C@H](c2c[nH]c3ccccc23)Nc2sc3c(c21)CCCC3. The number of hydrogen-bond donors (Lipinski definition) is 3. The summed E-state index contributed by atoms with van der Waals surface area (Å²) < 4.78 is 0. The number of amides is 1. The van der Waals surface area contributed by atoms with E-state index in [1.54, 1.807) is 11.3 Å². The molecule has 3 N–H and O–H groups in total. The molecular weight excluding hydrogens is 306 g/mol. The number of carbonyl (C=O) groups excluding carboxylic acids is 1. The zero-order valence-electron chi connectivity index (χ0n) is 12.6. The number of thiophene rings is 1. The predicted molar refractivity (Wildman–Crippen MR) is 93.1 cm³/mol. The van der Waals surface area contributed by atoms with Crippen LogP contribution in [0.4, 0.5) is 5.00 Å². The molecule has 1 amide bonds. The van der Waals surface area contributed by atoms with Gasteiger partial charge in [-0.3, -0.25) is 4.79 Å². The van der Waals surface area contributed by atoms with Gasteiger partial charge in [-0.05, 0) is 37.3 Å². The highest BCUT2D eigenvalue weighted by atomic mass is 32.1. The Balaban J connectivity index is 1.58. The van der Waals surface area contributed by atoms with Gasteiger partial charge >= 0.3 is 0 Å². The lowest BCUT2D eigenvalue weighted by molar-refractivity contribution is 0.0935. The summed E-state index contributed by atoms with van der Waals surface area (Å²) in [4.78, 5) is 17.4. The molecule has 5 rings (SSSR count). The lowest BCUT2D eigenvalue weighted by Crippen LogP contribution is -2.38. The van der Waals surface area contributed by atoms with Gasteiger partial charge in [0, 0.05) is 27.5 Å². The fourth-order valence-electron chi connectivity index (χ4n) is 3.77. The number of H-pyrrole nitrogens is 1. The van der Waals surface area contributed by atoms with E-state index >= 15 is 0 Å². The zero-order chi connectivity index (χ0) is 15.4. The molecule has 1 atom stereocenters. The van der Waals surface area contributed by atoms with Crippen LogP contribution in [0.3, 0.4) is 0 Å². The number of anilines is 1. The van der Waals surface area contributed by atoms with Gasteiger partial charge in [0.2, 0.25) is 0 Å². The fourth-order valence-corrected chi connectivity index (χ4v) is 5.08. The number of benzene rings is 1. The van der Waals surface area contributed by atoms with Gasteiger partial charge in [0.05, 0.1) is 5.56 Å². The highest BCUT2D eigenvalue weighted by molar-refractivity contribution is 7.16. The van der Waals surface area contributed by atoms with Gasteiger partial charge < -0.3 is 15.6 Å². The first-order valence-electron chi connectivity index (χ1n) is 8.09. The normalized spacial score (nSPS) is 19.8. The zero-order valence-corrected chi connectivity index (χ0v) is 13.4. The van der Waals surface area contributed by atoms with Crippen LogP contribution in [0.15, 0.2) is 30.5 Å². The first kappa shape index (κ1) is 13.2. The molecule has 5 heteroatoms. The van der Waals surface area contributed by atoms with E-state index in [9.17, 15) is 4.79 Å². The third kappa shape index (κ3) is 1.93. The second-order valence-electron chi connectivity index (χ2n) is 6.26. The number of aryl methyl sites for hydroxylation is 1. The summed E-state index contributed by atoms with van der Waals surface area (Å²) in [6.45, 7) is 0. The number of carbonyl (C=O) groups is 1. The molecule has 0 saturated carbocycles. The maximum Gasteiger partial charge on any atom is 0.256 e. The van der Waals surface area contributed by atoms with Crippen molar-refractivity contribution in [1.29, 1.82) is 0 Å². The Morgan fingerprint density at radius 2 is 1.96 bits per heavy atom. The van der Waals surface area contributed by atoms with E-state index in [-0.39, 0.29) is 12.1 Å². The van der Waals surface area contributed by atoms with Crippen LogP contribution in [0.1, 0.15) is 45.4 Å². The standard InChI is InChI=1S/C18H17N3OS/c22-17-15-11-6-2-4-8-14(11)23-18(15)21-16(20-17)12-9-19-13-7-3-1-5-10(12)13/h1,3,5,7,9,16,19,21H,2,4,6,8H2,(H,20,22)/t16-/m0/s1. The summed E-state index contributed by atoms with van der Waals surface area (Å²) in [5.41, 5.74) is 4.35. The van der Waals surface area contributed by atoms with Crippen LogP contribution in [0.25, 0.3) is 10.9 Å². The Morgan fingerprint density at radius 3 is 2.91 bits per heavy atom. The Hall–Kier alpha value is -2.27. The van der Waals surface area contributed by atoms with Crippen molar-refractivity contribution >= 4 is 33.1 Å². The number of aromatic amines is 1. The lowest BCUT2D eigenvalue weighted by atomic mass is 9.94. The average molecular weight is 323 g/mol. The molecule has 2 aliphatic rings. The molecule has 1 aliphatic heterocycles. The molecule has 3 aromatic rings. The Kier molecular flexibility index (Phi) is 2.79. The van der Waals surface area contributed by atoms with E-state index in [1.165, 1.54) is 23.3 Å². The predicted octanol–water partition coefficient (Wildman–Crippen LogP) is 3.96. The van der Waals surface area contributed by atoms with Crippen molar-refractivity contribution in [1.82, 2.24) is 10.3 Å². The minimum absolute atomic E-state index is 0.0634. The van der Waals surface area contributed by atoms with Gasteiger partial charge in [0.1, 0.15) is 11.2 Å². The summed E-state index contributed by atoms with van der Waals surface area (Å²) in [5, 5.41) is 8.87. The number of rotatable bonds is 1. The van der Waals surface area contributed by atoms with E-state index < -0.39 is 0 Å². The second-order valence-corrected chi connectivity index (χ2v) is 7.36. The van der Waals surface area contributed by atoms with Crippen LogP contribution < -0.4 is 10.6 Å². The van der Waals surface area contributed by atoms with Crippen molar-refractivity contribution in [2.45, 2.75) is 31.8 Å². The quantitative estimate of drug-likeness (QED) is 0.635. The van der Waals surface area contributed by atoms with Crippen molar-refractivity contribution in [3.05, 3.63) is 52.0 Å². The maximum absolute atomic E-state index is 12.7. The van der Waals surface area contributed by atoms with E-state index in [0.717, 1.165) is 39.9 Å². The van der Waals surface area contributed by atoms with Crippen molar-refractivity contribution in [3.8, 4) is 0 Å². The molecule has 0 unspecified atom stereocenters. The van der Waals surface area contributed by atoms with E-state index in [0.29, 0.717) is 0 Å². The third-order valence-electron chi connectivity index (χ3n) is 4.88. The van der Waals surface area contributed by atoms with Gasteiger partial charge in [-0.2, -0.15) is 0 Å². The van der Waals surface area contributed by atoms with Gasteiger partial charge in [0.25, 0.3) is 5.91 Å². The van der Waals surface area contributed by atoms with Crippen LogP contribution >= 0.6 is 11.3 Å². The fraction of sp³-hybridized carbons (Fsp3) is 0.278. The van der Waals surface area contributed by atoms with Gasteiger partial charge in [-0.15, -0.1) is 11.3 Å². The molecule has 1 aromatic carbocycles. The van der Waals surface area contributed by atoms with Crippen LogP contribution in [-0.2, 0) is 12.8 Å². The lowest BCUT2D eigenvalue weighted by Gasteiger charge is -2.26. The summed E-state index contributed by atoms with van der Waals surface area (Å²) in [6.07, 6.45) is 6.38. The number of aromatic nitrogens is 1. The van der Waals surface area contributed by atoms with E-state index in [1.807, 2.05) is 18.3 Å². The van der Waals surface area contributed by atoms with Crippen molar-refractivity contribution in [2.75, 3.05) is 5.32 Å². The Bertz CT molecular complexity index is 924. The highest BCUT2D eigenvalue weighted by Gasteiger charge is 2.32. The molecule has 2 aromatic heterocycles. The number of fused-ring (bicyclic) bond motifs is 4. The Morgan fingerprint density at radius 1 is 1.09 bits per heavy atom. The molecule has 0 fully saturated rings. The topological polar surface area (TPSA) is 56.9 Å². The van der Waals surface area contributed by atoms with Crippen molar-refractivity contribution in [3.63, 3.8) is 0 Å². The molecule has 0 saturated heterocycles. The molecule has 3 heterocycles. The van der Waals surface area contributed by atoms with Crippen LogP contribution in [0.2, 0.25) is 0 Å². The molecular formula is C18H17N3OS. The van der Waals surface area contributed by atoms with Gasteiger partial charge in [0.15, 0.2) is 0 Å². The monoisotopic (exact) mass is 323 g/mol. The highest BCUT2D eigenvalue weighted by Crippen LogP contribution is 2.42.